The van der Waals surface area contributed by atoms with Gasteiger partial charge in [-0.25, -0.2) is 9.78 Å². The predicted octanol–water partition coefficient (Wildman–Crippen LogP) is 4.10. The van der Waals surface area contributed by atoms with Crippen molar-refractivity contribution in [1.82, 2.24) is 10.3 Å². The molecule has 5 rings (SSSR count). The Morgan fingerprint density at radius 3 is 2.30 bits per heavy atom. The molecule has 3 N–H and O–H groups in total. The number of hydrogen-bond donors (Lipinski definition) is 3. The Kier molecular flexibility index (Phi) is 5.33. The minimum atomic E-state index is -0.904. The average molecular weight is 464 g/mol. The van der Waals surface area contributed by atoms with Crippen LogP contribution in [0.2, 0.25) is 0 Å². The summed E-state index contributed by atoms with van der Waals surface area (Å²) in [5.41, 5.74) is 3.80. The molecule has 1 saturated carbocycles. The second-order valence-corrected chi connectivity index (χ2v) is 9.11. The van der Waals surface area contributed by atoms with Crippen molar-refractivity contribution in [3.8, 4) is 11.1 Å². The lowest BCUT2D eigenvalue weighted by Crippen LogP contribution is -2.34. The highest BCUT2D eigenvalue weighted by Crippen LogP contribution is 2.45. The number of aromatic nitrogens is 1. The van der Waals surface area contributed by atoms with Crippen molar-refractivity contribution in [3.05, 3.63) is 70.7 Å². The van der Waals surface area contributed by atoms with Gasteiger partial charge in [0.25, 0.3) is 5.91 Å². The number of fused-ring (bicyclic) bond motifs is 3. The first kappa shape index (κ1) is 21.1. The normalized spacial score (nSPS) is 15.3. The Hall–Kier alpha value is -3.72. The van der Waals surface area contributed by atoms with Crippen LogP contribution in [0.15, 0.2) is 53.9 Å². The molecule has 168 valence electrons. The van der Waals surface area contributed by atoms with Crippen LogP contribution in [0.25, 0.3) is 11.1 Å². The van der Waals surface area contributed by atoms with E-state index in [2.05, 4.69) is 27.8 Å². The molecule has 0 spiro atoms. The summed E-state index contributed by atoms with van der Waals surface area (Å²) in [5, 5.41) is 16.1. The molecule has 8 nitrogen and oxygen atoms in total. The number of ether oxygens (including phenoxy) is 1. The van der Waals surface area contributed by atoms with E-state index in [1.807, 2.05) is 36.4 Å². The first-order valence-electron chi connectivity index (χ1n) is 10.6. The second-order valence-electron chi connectivity index (χ2n) is 8.26. The molecular weight excluding hydrogens is 442 g/mol. The zero-order chi connectivity index (χ0) is 23.0. The number of carbonyl (C=O) groups is 3. The molecule has 1 aromatic heterocycles. The Morgan fingerprint density at radius 1 is 1.06 bits per heavy atom. The van der Waals surface area contributed by atoms with Gasteiger partial charge in [-0.1, -0.05) is 48.5 Å². The van der Waals surface area contributed by atoms with Gasteiger partial charge in [0.1, 0.15) is 12.3 Å². The third-order valence-corrected chi connectivity index (χ3v) is 6.94. The highest BCUT2D eigenvalue weighted by molar-refractivity contribution is 7.14. The Morgan fingerprint density at radius 2 is 1.70 bits per heavy atom. The Balaban J connectivity index is 1.18. The van der Waals surface area contributed by atoms with Crippen LogP contribution in [-0.4, -0.2) is 41.2 Å². The monoisotopic (exact) mass is 463 g/mol. The van der Waals surface area contributed by atoms with Gasteiger partial charge in [0.05, 0.1) is 5.41 Å². The molecule has 9 heteroatoms. The van der Waals surface area contributed by atoms with E-state index in [9.17, 15) is 19.5 Å². The number of carboxylic acid groups (broad SMARTS) is 1. The molecule has 0 aliphatic heterocycles. The fourth-order valence-corrected chi connectivity index (χ4v) is 4.79. The number of rotatable bonds is 7. The van der Waals surface area contributed by atoms with Crippen molar-refractivity contribution in [1.29, 1.82) is 0 Å². The maximum atomic E-state index is 12.4. The van der Waals surface area contributed by atoms with Crippen molar-refractivity contribution in [2.24, 2.45) is 5.41 Å². The van der Waals surface area contributed by atoms with Gasteiger partial charge >= 0.3 is 12.1 Å². The van der Waals surface area contributed by atoms with Gasteiger partial charge in [-0.05, 0) is 35.1 Å². The highest BCUT2D eigenvalue weighted by atomic mass is 32.1. The largest absolute Gasteiger partial charge is 0.481 e. The Labute approximate surface area is 193 Å². The zero-order valence-corrected chi connectivity index (χ0v) is 18.4. The first-order valence-corrected chi connectivity index (χ1v) is 11.4. The quantitative estimate of drug-likeness (QED) is 0.486. The van der Waals surface area contributed by atoms with E-state index in [4.69, 9.17) is 4.74 Å². The van der Waals surface area contributed by atoms with Crippen molar-refractivity contribution >= 4 is 34.4 Å². The minimum Gasteiger partial charge on any atom is -0.481 e. The number of carbonyl (C=O) groups excluding carboxylic acids is 2. The third-order valence-electron chi connectivity index (χ3n) is 6.18. The van der Waals surface area contributed by atoms with Crippen LogP contribution in [0.1, 0.15) is 40.4 Å². The molecule has 2 aliphatic carbocycles. The van der Waals surface area contributed by atoms with Crippen LogP contribution in [0, 0.1) is 5.41 Å². The summed E-state index contributed by atoms with van der Waals surface area (Å²) in [7, 11) is 0. The van der Waals surface area contributed by atoms with E-state index in [0.717, 1.165) is 33.6 Å². The summed E-state index contributed by atoms with van der Waals surface area (Å²) in [5.74, 6) is -1.43. The maximum Gasteiger partial charge on any atom is 0.413 e. The summed E-state index contributed by atoms with van der Waals surface area (Å²) in [6.07, 6.45) is 0.448. The van der Waals surface area contributed by atoms with E-state index in [1.165, 1.54) is 5.38 Å². The number of carboxylic acids is 1. The topological polar surface area (TPSA) is 118 Å². The van der Waals surface area contributed by atoms with Gasteiger partial charge in [-0.15, -0.1) is 11.3 Å². The van der Waals surface area contributed by atoms with E-state index in [0.29, 0.717) is 12.8 Å². The van der Waals surface area contributed by atoms with E-state index >= 15 is 0 Å². The molecule has 0 bridgehead atoms. The summed E-state index contributed by atoms with van der Waals surface area (Å²) in [6, 6.07) is 16.2. The molecule has 2 amide bonds. The zero-order valence-electron chi connectivity index (χ0n) is 17.5. The number of thiazole rings is 1. The molecule has 0 saturated heterocycles. The van der Waals surface area contributed by atoms with Gasteiger partial charge in [0.2, 0.25) is 0 Å². The minimum absolute atomic E-state index is 0.0511. The highest BCUT2D eigenvalue weighted by Gasteiger charge is 2.50. The Bertz CT molecular complexity index is 1200. The number of benzene rings is 2. The molecule has 0 unspecified atom stereocenters. The van der Waals surface area contributed by atoms with Crippen LogP contribution in [-0.2, 0) is 9.53 Å². The lowest BCUT2D eigenvalue weighted by atomic mass is 9.98. The number of nitrogens with zero attached hydrogens (tertiary/aromatic N) is 1. The molecule has 1 fully saturated rings. The maximum absolute atomic E-state index is 12.4. The summed E-state index contributed by atoms with van der Waals surface area (Å²) in [4.78, 5) is 40.0. The molecular formula is C24H21N3O5S. The SMILES string of the molecule is O=C(Nc1nc(C(=O)NCC2(C(=O)O)CC2)cs1)OCC1c2ccccc2-c2ccccc21. The lowest BCUT2D eigenvalue weighted by molar-refractivity contribution is -0.143. The fourth-order valence-electron chi connectivity index (χ4n) is 4.11. The fraction of sp³-hybridized carbons (Fsp3) is 0.250. The van der Waals surface area contributed by atoms with Gasteiger partial charge in [-0.2, -0.15) is 0 Å². The molecule has 2 aliphatic rings. The standard InChI is InChI=1S/C24H21N3O5S/c28-20(25-13-24(9-10-24)21(29)30)19-12-33-22(26-19)27-23(31)32-11-18-16-7-3-1-5-14(16)15-6-2-4-8-17(15)18/h1-8,12,18H,9-11,13H2,(H,25,28)(H,29,30)(H,26,27,31). The summed E-state index contributed by atoms with van der Waals surface area (Å²) < 4.78 is 5.49. The molecule has 3 aromatic rings. The number of anilines is 1. The summed E-state index contributed by atoms with van der Waals surface area (Å²) >= 11 is 1.10. The van der Waals surface area contributed by atoms with Crippen molar-refractivity contribution in [3.63, 3.8) is 0 Å². The number of amides is 2. The molecule has 33 heavy (non-hydrogen) atoms. The molecule has 0 atom stereocenters. The van der Waals surface area contributed by atoms with Crippen LogP contribution < -0.4 is 10.6 Å². The molecule has 1 heterocycles. The van der Waals surface area contributed by atoms with Crippen molar-refractivity contribution in [2.45, 2.75) is 18.8 Å². The molecule has 2 aromatic carbocycles. The van der Waals surface area contributed by atoms with E-state index in [1.54, 1.807) is 0 Å². The van der Waals surface area contributed by atoms with Crippen LogP contribution in [0.5, 0.6) is 0 Å². The van der Waals surface area contributed by atoms with Gasteiger partial charge in [0.15, 0.2) is 5.13 Å². The third kappa shape index (κ3) is 4.07. The van der Waals surface area contributed by atoms with Crippen LogP contribution in [0.4, 0.5) is 9.93 Å². The van der Waals surface area contributed by atoms with Crippen LogP contribution in [0.3, 0.4) is 0 Å². The average Bonchev–Trinajstić information content (AvgIpc) is 3.37. The first-order chi connectivity index (χ1) is 16.0. The number of aliphatic carboxylic acids is 1. The van der Waals surface area contributed by atoms with Crippen LogP contribution >= 0.6 is 11.3 Å². The lowest BCUT2D eigenvalue weighted by Gasteiger charge is -2.14. The van der Waals surface area contributed by atoms with Gasteiger partial charge in [0, 0.05) is 17.8 Å². The molecule has 0 radical (unpaired) electrons. The second kappa shape index (κ2) is 8.32. The summed E-state index contributed by atoms with van der Waals surface area (Å²) in [6.45, 7) is 0.240. The van der Waals surface area contributed by atoms with Crippen molar-refractivity contribution < 1.29 is 24.2 Å². The van der Waals surface area contributed by atoms with Gasteiger partial charge < -0.3 is 15.2 Å². The number of hydrogen-bond acceptors (Lipinski definition) is 6. The predicted molar refractivity (Wildman–Crippen MR) is 122 cm³/mol. The van der Waals surface area contributed by atoms with E-state index in [-0.39, 0.29) is 29.9 Å². The number of nitrogens with one attached hydrogen (secondary N) is 2. The smallest absolute Gasteiger partial charge is 0.413 e. The van der Waals surface area contributed by atoms with Gasteiger partial charge in [-0.3, -0.25) is 14.9 Å². The van der Waals surface area contributed by atoms with Crippen molar-refractivity contribution in [2.75, 3.05) is 18.5 Å². The van der Waals surface area contributed by atoms with E-state index < -0.39 is 23.4 Å².